The largest absolute Gasteiger partial charge is 0.315 e. The maximum Gasteiger partial charge on any atom is 0.269 e. The summed E-state index contributed by atoms with van der Waals surface area (Å²) in [7, 11) is 0. The van der Waals surface area contributed by atoms with Crippen molar-refractivity contribution in [1.82, 2.24) is 5.32 Å². The van der Waals surface area contributed by atoms with Crippen LogP contribution in [-0.2, 0) is 5.41 Å². The minimum atomic E-state index is -0.370. The number of rotatable bonds is 2. The van der Waals surface area contributed by atoms with Crippen molar-refractivity contribution >= 4 is 5.69 Å². The summed E-state index contributed by atoms with van der Waals surface area (Å²) < 4.78 is 0. The van der Waals surface area contributed by atoms with Crippen LogP contribution in [0.25, 0.3) is 0 Å². The van der Waals surface area contributed by atoms with Gasteiger partial charge in [0.1, 0.15) is 0 Å². The molecular formula is C10H12N2O2. The molecule has 0 radical (unpaired) electrons. The fourth-order valence-corrected chi connectivity index (χ4v) is 1.69. The number of nitro groups is 1. The lowest BCUT2D eigenvalue weighted by Gasteiger charge is -2.39. The monoisotopic (exact) mass is 192 g/mol. The first-order valence-corrected chi connectivity index (χ1v) is 4.57. The van der Waals surface area contributed by atoms with Crippen LogP contribution in [-0.4, -0.2) is 18.0 Å². The summed E-state index contributed by atoms with van der Waals surface area (Å²) in [5.41, 5.74) is 1.49. The number of hydrogen-bond donors (Lipinski definition) is 1. The Hall–Kier alpha value is -1.42. The normalized spacial score (nSPS) is 18.6. The minimum Gasteiger partial charge on any atom is -0.315 e. The molecule has 14 heavy (non-hydrogen) atoms. The highest BCUT2D eigenvalue weighted by atomic mass is 16.6. The summed E-state index contributed by atoms with van der Waals surface area (Å²) in [4.78, 5) is 10.1. The average molecular weight is 192 g/mol. The van der Waals surface area contributed by atoms with E-state index in [0.717, 1.165) is 13.1 Å². The van der Waals surface area contributed by atoms with Crippen molar-refractivity contribution < 1.29 is 4.92 Å². The molecule has 0 spiro atoms. The van der Waals surface area contributed by atoms with E-state index in [1.54, 1.807) is 12.1 Å². The van der Waals surface area contributed by atoms with E-state index in [4.69, 9.17) is 0 Å². The summed E-state index contributed by atoms with van der Waals surface area (Å²) >= 11 is 0. The molecule has 0 aliphatic carbocycles. The van der Waals surface area contributed by atoms with Crippen LogP contribution in [0.1, 0.15) is 12.5 Å². The number of nitrogens with zero attached hydrogens (tertiary/aromatic N) is 1. The molecule has 1 N–H and O–H groups in total. The summed E-state index contributed by atoms with van der Waals surface area (Å²) in [5.74, 6) is 0. The van der Waals surface area contributed by atoms with Crippen LogP contribution in [0.4, 0.5) is 5.69 Å². The van der Waals surface area contributed by atoms with Gasteiger partial charge in [-0.25, -0.2) is 0 Å². The van der Waals surface area contributed by atoms with E-state index in [9.17, 15) is 10.1 Å². The summed E-state index contributed by atoms with van der Waals surface area (Å²) in [6.07, 6.45) is 0. The molecule has 1 aromatic carbocycles. The van der Waals surface area contributed by atoms with Crippen LogP contribution in [0.3, 0.4) is 0 Å². The Bertz CT molecular complexity index is 355. The zero-order valence-electron chi connectivity index (χ0n) is 7.99. The molecule has 4 heteroatoms. The first kappa shape index (κ1) is 9.15. The van der Waals surface area contributed by atoms with Crippen molar-refractivity contribution in [3.63, 3.8) is 0 Å². The van der Waals surface area contributed by atoms with Crippen LogP contribution in [0.2, 0.25) is 0 Å². The molecule has 1 aromatic rings. The van der Waals surface area contributed by atoms with Crippen LogP contribution in [0.15, 0.2) is 24.3 Å². The maximum absolute atomic E-state index is 10.4. The van der Waals surface area contributed by atoms with Gasteiger partial charge in [-0.3, -0.25) is 10.1 Å². The molecule has 2 rings (SSSR count). The highest BCUT2D eigenvalue weighted by Crippen LogP contribution is 2.28. The summed E-state index contributed by atoms with van der Waals surface area (Å²) in [6.45, 7) is 4.06. The third-order valence-electron chi connectivity index (χ3n) is 2.81. The fraction of sp³-hybridized carbons (Fsp3) is 0.400. The highest BCUT2D eigenvalue weighted by Gasteiger charge is 2.33. The SMILES string of the molecule is CC1(c2ccc([N+](=O)[O-])cc2)CNC1. The first-order chi connectivity index (χ1) is 6.62. The third kappa shape index (κ3) is 1.37. The minimum absolute atomic E-state index is 0.157. The van der Waals surface area contributed by atoms with Gasteiger partial charge in [0.2, 0.25) is 0 Å². The van der Waals surface area contributed by atoms with Crippen molar-refractivity contribution in [2.45, 2.75) is 12.3 Å². The van der Waals surface area contributed by atoms with Gasteiger partial charge in [0, 0.05) is 30.6 Å². The number of nitro benzene ring substituents is 1. The van der Waals surface area contributed by atoms with Gasteiger partial charge in [-0.2, -0.15) is 0 Å². The molecule has 0 aromatic heterocycles. The molecule has 1 aliphatic rings. The number of non-ortho nitro benzene ring substituents is 1. The molecule has 0 unspecified atom stereocenters. The molecule has 1 saturated heterocycles. The summed E-state index contributed by atoms with van der Waals surface area (Å²) in [6, 6.07) is 6.83. The van der Waals surface area contributed by atoms with Gasteiger partial charge in [-0.05, 0) is 5.56 Å². The Morgan fingerprint density at radius 3 is 2.29 bits per heavy atom. The van der Waals surface area contributed by atoms with E-state index in [1.807, 2.05) is 12.1 Å². The second-order valence-electron chi connectivity index (χ2n) is 3.97. The fourth-order valence-electron chi connectivity index (χ4n) is 1.69. The lowest BCUT2D eigenvalue weighted by Crippen LogP contribution is -2.54. The molecule has 0 saturated carbocycles. The average Bonchev–Trinajstić information content (AvgIpc) is 2.14. The maximum atomic E-state index is 10.4. The molecule has 0 bridgehead atoms. The third-order valence-corrected chi connectivity index (χ3v) is 2.81. The molecule has 1 fully saturated rings. The first-order valence-electron chi connectivity index (χ1n) is 4.57. The highest BCUT2D eigenvalue weighted by molar-refractivity contribution is 5.37. The molecule has 0 atom stereocenters. The van der Waals surface area contributed by atoms with E-state index >= 15 is 0 Å². The predicted molar refractivity (Wildman–Crippen MR) is 53.3 cm³/mol. The van der Waals surface area contributed by atoms with Crippen molar-refractivity contribution in [2.75, 3.05) is 13.1 Å². The number of benzene rings is 1. The van der Waals surface area contributed by atoms with Crippen LogP contribution < -0.4 is 5.32 Å². The van der Waals surface area contributed by atoms with E-state index in [0.29, 0.717) is 0 Å². The van der Waals surface area contributed by atoms with Crippen molar-refractivity contribution in [3.8, 4) is 0 Å². The lowest BCUT2D eigenvalue weighted by molar-refractivity contribution is -0.384. The predicted octanol–water partition coefficient (Wildman–Crippen LogP) is 1.46. The van der Waals surface area contributed by atoms with E-state index in [-0.39, 0.29) is 16.0 Å². The quantitative estimate of drug-likeness (QED) is 0.570. The number of nitrogens with one attached hydrogen (secondary N) is 1. The van der Waals surface area contributed by atoms with Crippen molar-refractivity contribution in [1.29, 1.82) is 0 Å². The van der Waals surface area contributed by atoms with Crippen molar-refractivity contribution in [2.24, 2.45) is 0 Å². The summed E-state index contributed by atoms with van der Waals surface area (Å²) in [5, 5.41) is 13.6. The second kappa shape index (κ2) is 3.06. The van der Waals surface area contributed by atoms with Gasteiger partial charge in [0.05, 0.1) is 4.92 Å². The second-order valence-corrected chi connectivity index (χ2v) is 3.97. The standard InChI is InChI=1S/C10H12N2O2/c1-10(6-11-7-10)8-2-4-9(5-3-8)12(13)14/h2-5,11H,6-7H2,1H3. The van der Waals surface area contributed by atoms with Gasteiger partial charge in [0.25, 0.3) is 5.69 Å². The zero-order valence-corrected chi connectivity index (χ0v) is 7.99. The number of hydrogen-bond acceptors (Lipinski definition) is 3. The Morgan fingerprint density at radius 2 is 1.93 bits per heavy atom. The van der Waals surface area contributed by atoms with Crippen LogP contribution in [0, 0.1) is 10.1 Å². The Morgan fingerprint density at radius 1 is 1.36 bits per heavy atom. The zero-order chi connectivity index (χ0) is 10.2. The molecule has 0 amide bonds. The molecule has 74 valence electrons. The van der Waals surface area contributed by atoms with E-state index < -0.39 is 0 Å². The van der Waals surface area contributed by atoms with Crippen LogP contribution >= 0.6 is 0 Å². The van der Waals surface area contributed by atoms with E-state index in [2.05, 4.69) is 12.2 Å². The van der Waals surface area contributed by atoms with Gasteiger partial charge >= 0.3 is 0 Å². The molecule has 4 nitrogen and oxygen atoms in total. The molecular weight excluding hydrogens is 180 g/mol. The van der Waals surface area contributed by atoms with Crippen LogP contribution in [0.5, 0.6) is 0 Å². The Kier molecular flexibility index (Phi) is 2.00. The molecule has 1 heterocycles. The topological polar surface area (TPSA) is 55.2 Å². The van der Waals surface area contributed by atoms with Gasteiger partial charge in [-0.15, -0.1) is 0 Å². The van der Waals surface area contributed by atoms with E-state index in [1.165, 1.54) is 5.56 Å². The Balaban J connectivity index is 2.25. The van der Waals surface area contributed by atoms with Gasteiger partial charge in [-0.1, -0.05) is 19.1 Å². The Labute approximate surface area is 82.1 Å². The van der Waals surface area contributed by atoms with Gasteiger partial charge < -0.3 is 5.32 Å². The van der Waals surface area contributed by atoms with Gasteiger partial charge in [0.15, 0.2) is 0 Å². The smallest absolute Gasteiger partial charge is 0.269 e. The molecule has 1 aliphatic heterocycles. The van der Waals surface area contributed by atoms with Crippen molar-refractivity contribution in [3.05, 3.63) is 39.9 Å². The lowest BCUT2D eigenvalue weighted by atomic mass is 9.77.